The molecule has 0 saturated carbocycles. The zero-order valence-corrected chi connectivity index (χ0v) is 8.86. The van der Waals surface area contributed by atoms with Gasteiger partial charge in [-0.1, -0.05) is 0 Å². The lowest BCUT2D eigenvalue weighted by Crippen LogP contribution is -2.21. The number of anilines is 1. The highest BCUT2D eigenvalue weighted by Gasteiger charge is 2.11. The summed E-state index contributed by atoms with van der Waals surface area (Å²) in [5, 5.41) is 2.66. The maximum atomic E-state index is 11.1. The van der Waals surface area contributed by atoms with Gasteiger partial charge in [-0.2, -0.15) is 0 Å². The van der Waals surface area contributed by atoms with Crippen LogP contribution in [0.25, 0.3) is 0 Å². The van der Waals surface area contributed by atoms with Crippen LogP contribution >= 0.6 is 0 Å². The summed E-state index contributed by atoms with van der Waals surface area (Å²) < 4.78 is 11.0. The van der Waals surface area contributed by atoms with E-state index in [4.69, 9.17) is 15.2 Å². The summed E-state index contributed by atoms with van der Waals surface area (Å²) in [6, 6.07) is 5.29. The van der Waals surface area contributed by atoms with Gasteiger partial charge in [0, 0.05) is 18.2 Å². The Balaban J connectivity index is 2.17. The molecule has 3 N–H and O–H groups in total. The molecule has 1 aliphatic heterocycles. The van der Waals surface area contributed by atoms with Crippen LogP contribution in [0.3, 0.4) is 0 Å². The topological polar surface area (TPSA) is 73.6 Å². The molecule has 0 aromatic heterocycles. The molecule has 1 aliphatic rings. The van der Waals surface area contributed by atoms with Gasteiger partial charge in [0.25, 0.3) is 0 Å². The van der Waals surface area contributed by atoms with Crippen molar-refractivity contribution >= 4 is 11.6 Å². The highest BCUT2D eigenvalue weighted by atomic mass is 16.5. The van der Waals surface area contributed by atoms with Crippen LogP contribution in [0.4, 0.5) is 5.69 Å². The molecule has 86 valence electrons. The minimum atomic E-state index is -0.227. The molecule has 1 amide bonds. The van der Waals surface area contributed by atoms with Crippen molar-refractivity contribution in [3.63, 3.8) is 0 Å². The lowest BCUT2D eigenvalue weighted by atomic mass is 10.2. The summed E-state index contributed by atoms with van der Waals surface area (Å²) in [5.41, 5.74) is 5.88. The molecule has 0 fully saturated rings. The van der Waals surface area contributed by atoms with Crippen molar-refractivity contribution in [1.82, 2.24) is 0 Å². The van der Waals surface area contributed by atoms with E-state index in [1.54, 1.807) is 18.2 Å². The second kappa shape index (κ2) is 4.85. The van der Waals surface area contributed by atoms with Crippen molar-refractivity contribution in [3.05, 3.63) is 18.2 Å². The number of nitrogens with one attached hydrogen (secondary N) is 1. The third-order valence-corrected chi connectivity index (χ3v) is 2.22. The molecule has 0 aliphatic carbocycles. The number of ether oxygens (including phenoxy) is 2. The second-order valence-corrected chi connectivity index (χ2v) is 3.46. The summed E-state index contributed by atoms with van der Waals surface area (Å²) in [7, 11) is 0. The van der Waals surface area contributed by atoms with Crippen LogP contribution in [0, 0.1) is 0 Å². The van der Waals surface area contributed by atoms with Crippen molar-refractivity contribution in [2.24, 2.45) is 5.73 Å². The van der Waals surface area contributed by atoms with Gasteiger partial charge in [0.2, 0.25) is 5.91 Å². The third-order valence-electron chi connectivity index (χ3n) is 2.22. The summed E-state index contributed by atoms with van der Waals surface area (Å²) >= 11 is 0. The minimum absolute atomic E-state index is 0.0333. The summed E-state index contributed by atoms with van der Waals surface area (Å²) in [4.78, 5) is 11.1. The van der Waals surface area contributed by atoms with Crippen LogP contribution < -0.4 is 20.5 Å². The maximum absolute atomic E-state index is 11.1. The zero-order valence-electron chi connectivity index (χ0n) is 8.86. The van der Waals surface area contributed by atoms with E-state index < -0.39 is 0 Å². The van der Waals surface area contributed by atoms with E-state index in [2.05, 4.69) is 5.32 Å². The van der Waals surface area contributed by atoms with E-state index in [0.29, 0.717) is 30.4 Å². The van der Waals surface area contributed by atoms with Gasteiger partial charge < -0.3 is 20.5 Å². The Bertz CT molecular complexity index is 393. The summed E-state index contributed by atoms with van der Waals surface area (Å²) in [6.07, 6.45) is 0.860. The summed E-state index contributed by atoms with van der Waals surface area (Å²) in [5.74, 6) is 1.14. The fraction of sp³-hybridized carbons (Fsp3) is 0.364. The molecule has 1 aromatic rings. The first kappa shape index (κ1) is 10.8. The van der Waals surface area contributed by atoms with Gasteiger partial charge in [-0.3, -0.25) is 4.79 Å². The molecule has 1 aromatic carbocycles. The Kier molecular flexibility index (Phi) is 3.26. The number of rotatable bonds is 2. The number of nitrogens with two attached hydrogens (primary N) is 1. The fourth-order valence-electron chi connectivity index (χ4n) is 1.45. The summed E-state index contributed by atoms with van der Waals surface area (Å²) in [6.45, 7) is 1.25. The highest BCUT2D eigenvalue weighted by Crippen LogP contribution is 2.32. The van der Waals surface area contributed by atoms with Crippen LogP contribution in [0.1, 0.15) is 6.42 Å². The number of hydrogen-bond donors (Lipinski definition) is 2. The largest absolute Gasteiger partial charge is 0.490 e. The molecule has 0 saturated heterocycles. The van der Waals surface area contributed by atoms with Gasteiger partial charge in [0.15, 0.2) is 11.5 Å². The molecule has 2 rings (SSSR count). The Labute approximate surface area is 93.5 Å². The lowest BCUT2D eigenvalue weighted by Gasteiger charge is -2.09. The van der Waals surface area contributed by atoms with Gasteiger partial charge in [-0.15, -0.1) is 0 Å². The molecule has 0 radical (unpaired) electrons. The average molecular weight is 222 g/mol. The van der Waals surface area contributed by atoms with Gasteiger partial charge in [0.05, 0.1) is 19.8 Å². The Morgan fingerprint density at radius 1 is 1.31 bits per heavy atom. The molecule has 0 unspecified atom stereocenters. The van der Waals surface area contributed by atoms with E-state index in [0.717, 1.165) is 6.42 Å². The van der Waals surface area contributed by atoms with E-state index in [1.165, 1.54) is 0 Å². The van der Waals surface area contributed by atoms with Crippen molar-refractivity contribution in [3.8, 4) is 11.5 Å². The fourth-order valence-corrected chi connectivity index (χ4v) is 1.45. The van der Waals surface area contributed by atoms with Crippen molar-refractivity contribution in [2.75, 3.05) is 25.1 Å². The first-order valence-corrected chi connectivity index (χ1v) is 5.19. The van der Waals surface area contributed by atoms with Crippen LogP contribution in [-0.2, 0) is 4.79 Å². The quantitative estimate of drug-likeness (QED) is 0.774. The van der Waals surface area contributed by atoms with Crippen LogP contribution in [0.15, 0.2) is 18.2 Å². The van der Waals surface area contributed by atoms with Gasteiger partial charge >= 0.3 is 0 Å². The molecular formula is C11H14N2O3. The second-order valence-electron chi connectivity index (χ2n) is 3.46. The standard InChI is InChI=1S/C11H14N2O3/c12-7-11(14)13-8-2-3-9-10(6-8)16-5-1-4-15-9/h2-3,6H,1,4-5,7,12H2,(H,13,14). The van der Waals surface area contributed by atoms with E-state index >= 15 is 0 Å². The van der Waals surface area contributed by atoms with Crippen LogP contribution in [0.5, 0.6) is 11.5 Å². The maximum Gasteiger partial charge on any atom is 0.238 e. The lowest BCUT2D eigenvalue weighted by molar-refractivity contribution is -0.114. The van der Waals surface area contributed by atoms with Crippen LogP contribution in [0.2, 0.25) is 0 Å². The SMILES string of the molecule is NCC(=O)Nc1ccc2c(c1)OCCCO2. The average Bonchev–Trinajstić information content (AvgIpc) is 2.53. The van der Waals surface area contributed by atoms with E-state index in [-0.39, 0.29) is 12.5 Å². The molecular weight excluding hydrogens is 208 g/mol. The predicted molar refractivity (Wildman–Crippen MR) is 59.7 cm³/mol. The van der Waals surface area contributed by atoms with Crippen LogP contribution in [-0.4, -0.2) is 25.7 Å². The number of benzene rings is 1. The Morgan fingerprint density at radius 3 is 2.81 bits per heavy atom. The van der Waals surface area contributed by atoms with Crippen molar-refractivity contribution in [1.29, 1.82) is 0 Å². The van der Waals surface area contributed by atoms with E-state index in [1.807, 2.05) is 0 Å². The molecule has 5 heteroatoms. The molecule has 0 atom stereocenters. The number of carbonyl (C=O) groups is 1. The molecule has 0 bridgehead atoms. The number of carbonyl (C=O) groups excluding carboxylic acids is 1. The van der Waals surface area contributed by atoms with Gasteiger partial charge in [0.1, 0.15) is 0 Å². The molecule has 16 heavy (non-hydrogen) atoms. The first-order chi connectivity index (χ1) is 7.79. The zero-order chi connectivity index (χ0) is 11.4. The monoisotopic (exact) mass is 222 g/mol. The molecule has 1 heterocycles. The van der Waals surface area contributed by atoms with Crippen molar-refractivity contribution in [2.45, 2.75) is 6.42 Å². The normalized spacial score (nSPS) is 14.1. The Hall–Kier alpha value is -1.75. The molecule has 0 spiro atoms. The highest BCUT2D eigenvalue weighted by molar-refractivity contribution is 5.92. The number of amides is 1. The Morgan fingerprint density at radius 2 is 2.06 bits per heavy atom. The van der Waals surface area contributed by atoms with Crippen molar-refractivity contribution < 1.29 is 14.3 Å². The third kappa shape index (κ3) is 2.43. The minimum Gasteiger partial charge on any atom is -0.490 e. The smallest absolute Gasteiger partial charge is 0.238 e. The predicted octanol–water partition coefficient (Wildman–Crippen LogP) is 0.745. The van der Waals surface area contributed by atoms with Gasteiger partial charge in [-0.25, -0.2) is 0 Å². The number of fused-ring (bicyclic) bond motifs is 1. The first-order valence-electron chi connectivity index (χ1n) is 5.19. The molecule has 5 nitrogen and oxygen atoms in total. The van der Waals surface area contributed by atoms with E-state index in [9.17, 15) is 4.79 Å². The van der Waals surface area contributed by atoms with Gasteiger partial charge in [-0.05, 0) is 12.1 Å². The number of hydrogen-bond acceptors (Lipinski definition) is 4.